The summed E-state index contributed by atoms with van der Waals surface area (Å²) in [7, 11) is 0. The van der Waals surface area contributed by atoms with E-state index in [1.54, 1.807) is 38.1 Å². The van der Waals surface area contributed by atoms with Crippen molar-refractivity contribution >= 4 is 33.4 Å². The Hall–Kier alpha value is -1.36. The van der Waals surface area contributed by atoms with Crippen LogP contribution in [-0.4, -0.2) is 21.7 Å². The van der Waals surface area contributed by atoms with E-state index in [0.29, 0.717) is 11.3 Å². The number of benzene rings is 1. The largest absolute Gasteiger partial charge is 0.347 e. The molecule has 0 aromatic heterocycles. The predicted molar refractivity (Wildman–Crippen MR) is 85.3 cm³/mol. The highest BCUT2D eigenvalue weighted by molar-refractivity contribution is 9.10. The molecule has 4 nitrogen and oxygen atoms in total. The van der Waals surface area contributed by atoms with Crippen LogP contribution >= 0.6 is 15.9 Å². The monoisotopic (exact) mass is 340 g/mol. The highest BCUT2D eigenvalue weighted by Crippen LogP contribution is 2.19. The molecule has 0 unspecified atom stereocenters. The van der Waals surface area contributed by atoms with E-state index in [1.807, 2.05) is 20.8 Å². The van der Waals surface area contributed by atoms with Crippen molar-refractivity contribution in [3.8, 4) is 0 Å². The molecule has 1 rings (SSSR count). The maximum absolute atomic E-state index is 11.9. The van der Waals surface area contributed by atoms with Crippen molar-refractivity contribution in [2.45, 2.75) is 44.5 Å². The first-order valence-electron chi connectivity index (χ1n) is 6.42. The molecule has 0 aliphatic heterocycles. The second-order valence-electron chi connectivity index (χ2n) is 6.21. The Labute approximate surface area is 128 Å². The summed E-state index contributed by atoms with van der Waals surface area (Å²) >= 11 is 3.30. The summed E-state index contributed by atoms with van der Waals surface area (Å²) in [5.74, 6) is -0.263. The summed E-state index contributed by atoms with van der Waals surface area (Å²) in [6.07, 6.45) is 0. The second-order valence-corrected chi connectivity index (χ2v) is 8.19. The number of carbonyl (C=O) groups excluding carboxylic acids is 2. The van der Waals surface area contributed by atoms with Gasteiger partial charge < -0.3 is 10.6 Å². The van der Waals surface area contributed by atoms with Crippen molar-refractivity contribution in [3.05, 3.63) is 29.8 Å². The molecule has 0 saturated carbocycles. The lowest BCUT2D eigenvalue weighted by Gasteiger charge is -2.20. The highest BCUT2D eigenvalue weighted by Gasteiger charge is 2.23. The van der Waals surface area contributed by atoms with Gasteiger partial charge in [-0.05, 0) is 58.9 Å². The van der Waals surface area contributed by atoms with Gasteiger partial charge in [-0.15, -0.1) is 0 Å². The van der Waals surface area contributed by atoms with Gasteiger partial charge in [-0.3, -0.25) is 9.59 Å². The van der Waals surface area contributed by atoms with Gasteiger partial charge in [0.2, 0.25) is 5.91 Å². The van der Waals surface area contributed by atoms with Crippen LogP contribution < -0.4 is 10.6 Å². The maximum atomic E-state index is 11.9. The Morgan fingerprint density at radius 2 is 1.50 bits per heavy atom. The van der Waals surface area contributed by atoms with Crippen LogP contribution in [0.3, 0.4) is 0 Å². The molecule has 0 atom stereocenters. The lowest BCUT2D eigenvalue weighted by Crippen LogP contribution is -2.40. The molecule has 0 aliphatic rings. The molecule has 0 spiro atoms. The fourth-order valence-electron chi connectivity index (χ4n) is 1.40. The van der Waals surface area contributed by atoms with Gasteiger partial charge >= 0.3 is 0 Å². The molecule has 0 heterocycles. The third-order valence-corrected chi connectivity index (χ3v) is 2.79. The molecule has 0 saturated heterocycles. The second kappa shape index (κ2) is 5.95. The van der Waals surface area contributed by atoms with E-state index in [-0.39, 0.29) is 17.4 Å². The van der Waals surface area contributed by atoms with Crippen LogP contribution in [-0.2, 0) is 4.79 Å². The smallest absolute Gasteiger partial charge is 0.251 e. The third kappa shape index (κ3) is 5.33. The number of alkyl halides is 1. The maximum Gasteiger partial charge on any atom is 0.251 e. The van der Waals surface area contributed by atoms with Gasteiger partial charge in [-0.2, -0.15) is 0 Å². The molecule has 2 amide bonds. The molecule has 0 radical (unpaired) electrons. The molecule has 1 aromatic carbocycles. The van der Waals surface area contributed by atoms with Crippen molar-refractivity contribution in [1.82, 2.24) is 5.32 Å². The Kier molecular flexibility index (Phi) is 4.97. The van der Waals surface area contributed by atoms with Gasteiger partial charge in [0, 0.05) is 16.8 Å². The minimum Gasteiger partial charge on any atom is -0.347 e. The van der Waals surface area contributed by atoms with Gasteiger partial charge in [0.25, 0.3) is 5.91 Å². The fourth-order valence-corrected chi connectivity index (χ4v) is 1.50. The standard InChI is InChI=1S/C15H21BrN2O2/c1-14(2,3)18-12(19)10-6-8-11(9-7-10)17-13(20)15(4,5)16/h6-9H,1-5H3,(H,17,20)(H,18,19). The van der Waals surface area contributed by atoms with E-state index in [4.69, 9.17) is 0 Å². The minimum absolute atomic E-state index is 0.129. The van der Waals surface area contributed by atoms with Crippen LogP contribution in [0.1, 0.15) is 45.0 Å². The van der Waals surface area contributed by atoms with Crippen molar-refractivity contribution in [2.75, 3.05) is 5.32 Å². The minimum atomic E-state index is -0.630. The number of hydrogen-bond acceptors (Lipinski definition) is 2. The van der Waals surface area contributed by atoms with Gasteiger partial charge in [0.05, 0.1) is 4.32 Å². The van der Waals surface area contributed by atoms with E-state index in [1.165, 1.54) is 0 Å². The lowest BCUT2D eigenvalue weighted by molar-refractivity contribution is -0.117. The third-order valence-electron chi connectivity index (χ3n) is 2.43. The molecule has 0 bridgehead atoms. The number of halogens is 1. The van der Waals surface area contributed by atoms with Crippen LogP contribution in [0.4, 0.5) is 5.69 Å². The van der Waals surface area contributed by atoms with E-state index in [9.17, 15) is 9.59 Å². The molecule has 0 fully saturated rings. The van der Waals surface area contributed by atoms with E-state index in [0.717, 1.165) is 0 Å². The Morgan fingerprint density at radius 3 is 1.90 bits per heavy atom. The van der Waals surface area contributed by atoms with Crippen LogP contribution in [0.5, 0.6) is 0 Å². The molecule has 0 aliphatic carbocycles. The van der Waals surface area contributed by atoms with Crippen LogP contribution in [0.2, 0.25) is 0 Å². The first-order chi connectivity index (χ1) is 8.99. The number of nitrogens with one attached hydrogen (secondary N) is 2. The molecule has 2 N–H and O–H groups in total. The Morgan fingerprint density at radius 1 is 1.00 bits per heavy atom. The van der Waals surface area contributed by atoms with Crippen LogP contribution in [0, 0.1) is 0 Å². The highest BCUT2D eigenvalue weighted by atomic mass is 79.9. The van der Waals surface area contributed by atoms with Gasteiger partial charge in [-0.1, -0.05) is 15.9 Å². The van der Waals surface area contributed by atoms with E-state index >= 15 is 0 Å². The summed E-state index contributed by atoms with van der Waals surface area (Å²) < 4.78 is -0.630. The zero-order valence-corrected chi connectivity index (χ0v) is 14.1. The molecular formula is C15H21BrN2O2. The summed E-state index contributed by atoms with van der Waals surface area (Å²) in [5, 5.41) is 5.66. The molecule has 110 valence electrons. The van der Waals surface area contributed by atoms with Gasteiger partial charge in [-0.25, -0.2) is 0 Å². The summed E-state index contributed by atoms with van der Waals surface area (Å²) in [4.78, 5) is 23.8. The average molecular weight is 341 g/mol. The summed E-state index contributed by atoms with van der Waals surface area (Å²) in [5.41, 5.74) is 0.954. The predicted octanol–water partition coefficient (Wildman–Crippen LogP) is 3.33. The molecule has 5 heteroatoms. The first kappa shape index (κ1) is 16.7. The summed E-state index contributed by atoms with van der Waals surface area (Å²) in [6, 6.07) is 6.82. The van der Waals surface area contributed by atoms with Crippen molar-refractivity contribution in [2.24, 2.45) is 0 Å². The number of rotatable bonds is 3. The zero-order valence-electron chi connectivity index (χ0n) is 12.5. The van der Waals surface area contributed by atoms with E-state index in [2.05, 4.69) is 26.6 Å². The van der Waals surface area contributed by atoms with Gasteiger partial charge in [0.15, 0.2) is 0 Å². The van der Waals surface area contributed by atoms with Crippen LogP contribution in [0.25, 0.3) is 0 Å². The Bertz CT molecular complexity index is 496. The molecular weight excluding hydrogens is 320 g/mol. The fraction of sp³-hybridized carbons (Fsp3) is 0.467. The zero-order chi connectivity index (χ0) is 15.6. The summed E-state index contributed by atoms with van der Waals surface area (Å²) in [6.45, 7) is 9.33. The van der Waals surface area contributed by atoms with Crippen molar-refractivity contribution in [3.63, 3.8) is 0 Å². The average Bonchev–Trinajstić information content (AvgIpc) is 2.26. The number of carbonyl (C=O) groups is 2. The van der Waals surface area contributed by atoms with Crippen LogP contribution in [0.15, 0.2) is 24.3 Å². The van der Waals surface area contributed by atoms with E-state index < -0.39 is 4.32 Å². The lowest BCUT2D eigenvalue weighted by atomic mass is 10.1. The number of anilines is 1. The van der Waals surface area contributed by atoms with Crippen molar-refractivity contribution < 1.29 is 9.59 Å². The number of hydrogen-bond donors (Lipinski definition) is 2. The molecule has 20 heavy (non-hydrogen) atoms. The Balaban J connectivity index is 2.75. The van der Waals surface area contributed by atoms with Crippen molar-refractivity contribution in [1.29, 1.82) is 0 Å². The molecule has 1 aromatic rings. The van der Waals surface area contributed by atoms with Gasteiger partial charge in [0.1, 0.15) is 0 Å². The first-order valence-corrected chi connectivity index (χ1v) is 7.21. The topological polar surface area (TPSA) is 58.2 Å². The quantitative estimate of drug-likeness (QED) is 0.829. The SMILES string of the molecule is CC(C)(C)NC(=O)c1ccc(NC(=O)C(C)(C)Br)cc1. The normalized spacial score (nSPS) is 11.9. The number of amides is 2.